The molecule has 1 spiro atoms. The lowest BCUT2D eigenvalue weighted by Gasteiger charge is -2.07. The van der Waals surface area contributed by atoms with Gasteiger partial charge in [-0.3, -0.25) is 4.79 Å². The fourth-order valence-electron chi connectivity index (χ4n) is 2.52. The number of thiophene rings is 1. The van der Waals surface area contributed by atoms with E-state index in [0.717, 1.165) is 31.6 Å². The lowest BCUT2D eigenvalue weighted by Crippen LogP contribution is -2.20. The zero-order valence-corrected chi connectivity index (χ0v) is 10.5. The van der Waals surface area contributed by atoms with Crippen LogP contribution in [0.4, 0.5) is 5.69 Å². The lowest BCUT2D eigenvalue weighted by atomic mass is 10.0. The third-order valence-corrected chi connectivity index (χ3v) is 4.25. The molecule has 0 radical (unpaired) electrons. The Bertz CT molecular complexity index is 373. The van der Waals surface area contributed by atoms with Crippen molar-refractivity contribution < 1.29 is 4.79 Å². The molecule has 2 N–H and O–H groups in total. The summed E-state index contributed by atoms with van der Waals surface area (Å²) in [7, 11) is 0. The molecule has 1 aromatic heterocycles. The molecule has 1 aliphatic heterocycles. The van der Waals surface area contributed by atoms with E-state index in [1.165, 1.54) is 0 Å². The fraction of sp³-hybridized carbons (Fsp3) is 0.545. The van der Waals surface area contributed by atoms with Crippen LogP contribution in [-0.4, -0.2) is 19.0 Å². The van der Waals surface area contributed by atoms with E-state index in [9.17, 15) is 4.79 Å². The van der Waals surface area contributed by atoms with Crippen molar-refractivity contribution in [3.8, 4) is 0 Å². The van der Waals surface area contributed by atoms with Gasteiger partial charge in [0, 0.05) is 17.8 Å². The molecule has 2 fully saturated rings. The maximum Gasteiger partial charge on any atom is 0.228 e. The predicted octanol–water partition coefficient (Wildman–Crippen LogP) is 2.11. The monoisotopic (exact) mass is 258 g/mol. The van der Waals surface area contributed by atoms with E-state index in [1.807, 2.05) is 16.8 Å². The van der Waals surface area contributed by atoms with Crippen LogP contribution in [0.25, 0.3) is 0 Å². The maximum absolute atomic E-state index is 11.9. The van der Waals surface area contributed by atoms with Crippen LogP contribution in [0.2, 0.25) is 0 Å². The highest BCUT2D eigenvalue weighted by molar-refractivity contribution is 7.08. The Balaban J connectivity index is 0.000000963. The average molecular weight is 259 g/mol. The molecule has 2 aliphatic rings. The smallest absolute Gasteiger partial charge is 0.228 e. The summed E-state index contributed by atoms with van der Waals surface area (Å²) in [5, 5.41) is 10.3. The minimum atomic E-state index is 0. The summed E-state index contributed by atoms with van der Waals surface area (Å²) < 4.78 is 0. The summed E-state index contributed by atoms with van der Waals surface area (Å²) in [6, 6.07) is 1.95. The van der Waals surface area contributed by atoms with Crippen LogP contribution in [0, 0.1) is 11.3 Å². The fourth-order valence-corrected chi connectivity index (χ4v) is 3.11. The minimum absolute atomic E-state index is 0. The van der Waals surface area contributed by atoms with Gasteiger partial charge in [0.05, 0.1) is 5.69 Å². The topological polar surface area (TPSA) is 41.1 Å². The number of hydrogen-bond donors (Lipinski definition) is 2. The Morgan fingerprint density at radius 1 is 1.62 bits per heavy atom. The first-order valence-corrected chi connectivity index (χ1v) is 6.28. The Kier molecular flexibility index (Phi) is 3.24. The van der Waals surface area contributed by atoms with Crippen LogP contribution in [0.15, 0.2) is 16.8 Å². The van der Waals surface area contributed by atoms with Crippen LogP contribution >= 0.6 is 23.7 Å². The van der Waals surface area contributed by atoms with Gasteiger partial charge in [0.1, 0.15) is 0 Å². The van der Waals surface area contributed by atoms with Gasteiger partial charge in [-0.15, -0.1) is 12.4 Å². The van der Waals surface area contributed by atoms with Gasteiger partial charge >= 0.3 is 0 Å². The van der Waals surface area contributed by atoms with E-state index in [4.69, 9.17) is 0 Å². The second kappa shape index (κ2) is 4.35. The summed E-state index contributed by atoms with van der Waals surface area (Å²) in [4.78, 5) is 11.9. The van der Waals surface area contributed by atoms with Crippen LogP contribution < -0.4 is 10.6 Å². The van der Waals surface area contributed by atoms with Crippen molar-refractivity contribution in [2.24, 2.45) is 11.3 Å². The molecule has 1 aromatic rings. The van der Waals surface area contributed by atoms with Crippen molar-refractivity contribution in [2.75, 3.05) is 18.4 Å². The highest BCUT2D eigenvalue weighted by Crippen LogP contribution is 2.56. The molecule has 88 valence electrons. The van der Waals surface area contributed by atoms with Crippen LogP contribution in [-0.2, 0) is 4.79 Å². The van der Waals surface area contributed by atoms with E-state index >= 15 is 0 Å². The molecule has 16 heavy (non-hydrogen) atoms. The van der Waals surface area contributed by atoms with Gasteiger partial charge in [-0.05, 0) is 36.2 Å². The lowest BCUT2D eigenvalue weighted by molar-refractivity contribution is -0.118. The largest absolute Gasteiger partial charge is 0.325 e. The van der Waals surface area contributed by atoms with Gasteiger partial charge in [-0.1, -0.05) is 0 Å². The van der Waals surface area contributed by atoms with E-state index in [-0.39, 0.29) is 24.2 Å². The number of anilines is 1. The predicted molar refractivity (Wildman–Crippen MR) is 68.2 cm³/mol. The maximum atomic E-state index is 11.9. The zero-order chi connectivity index (χ0) is 10.3. The number of amides is 1. The van der Waals surface area contributed by atoms with Crippen molar-refractivity contribution in [1.82, 2.24) is 5.32 Å². The summed E-state index contributed by atoms with van der Waals surface area (Å²) >= 11 is 1.61. The molecular formula is C11H15ClN2OS. The third-order valence-electron chi connectivity index (χ3n) is 3.57. The number of carbonyl (C=O) groups excluding carboxylic acids is 1. The summed E-state index contributed by atoms with van der Waals surface area (Å²) in [5.74, 6) is 0.449. The SMILES string of the molecule is Cl.O=C(Nc1ccsc1)C1CC12CCNC2. The van der Waals surface area contributed by atoms with Crippen molar-refractivity contribution in [2.45, 2.75) is 12.8 Å². The van der Waals surface area contributed by atoms with Crippen LogP contribution in [0.5, 0.6) is 0 Å². The standard InChI is InChI=1S/C11H14N2OS.ClH/c14-10(13-8-1-4-15-6-8)9-5-11(9)2-3-12-7-11;/h1,4,6,9,12H,2-3,5,7H2,(H,13,14);1H. The normalized spacial score (nSPS) is 31.1. The zero-order valence-electron chi connectivity index (χ0n) is 8.86. The van der Waals surface area contributed by atoms with Gasteiger partial charge in [0.2, 0.25) is 5.91 Å². The Morgan fingerprint density at radius 2 is 2.50 bits per heavy atom. The highest BCUT2D eigenvalue weighted by Gasteiger charge is 2.58. The van der Waals surface area contributed by atoms with Crippen molar-refractivity contribution in [3.05, 3.63) is 16.8 Å². The van der Waals surface area contributed by atoms with E-state index in [0.29, 0.717) is 5.41 Å². The molecule has 1 saturated carbocycles. The quantitative estimate of drug-likeness (QED) is 0.853. The molecule has 1 amide bonds. The van der Waals surface area contributed by atoms with E-state index < -0.39 is 0 Å². The molecule has 0 aromatic carbocycles. The molecule has 2 atom stereocenters. The summed E-state index contributed by atoms with van der Waals surface area (Å²) in [6.45, 7) is 2.09. The number of nitrogens with one attached hydrogen (secondary N) is 2. The Morgan fingerprint density at radius 3 is 3.12 bits per heavy atom. The van der Waals surface area contributed by atoms with Gasteiger partial charge < -0.3 is 10.6 Å². The number of hydrogen-bond acceptors (Lipinski definition) is 3. The first-order chi connectivity index (χ1) is 7.30. The van der Waals surface area contributed by atoms with Gasteiger partial charge in [-0.25, -0.2) is 0 Å². The molecule has 3 rings (SSSR count). The molecule has 1 aliphatic carbocycles. The van der Waals surface area contributed by atoms with Crippen molar-refractivity contribution >= 4 is 35.3 Å². The molecule has 5 heteroatoms. The second-order valence-electron chi connectivity index (χ2n) is 4.55. The number of carbonyl (C=O) groups is 1. The van der Waals surface area contributed by atoms with Crippen LogP contribution in [0.1, 0.15) is 12.8 Å². The molecule has 1 saturated heterocycles. The van der Waals surface area contributed by atoms with Crippen molar-refractivity contribution in [3.63, 3.8) is 0 Å². The van der Waals surface area contributed by atoms with Crippen molar-refractivity contribution in [1.29, 1.82) is 0 Å². The van der Waals surface area contributed by atoms with E-state index in [2.05, 4.69) is 10.6 Å². The first kappa shape index (κ1) is 11.9. The first-order valence-electron chi connectivity index (χ1n) is 5.34. The summed E-state index contributed by atoms with van der Waals surface area (Å²) in [6.07, 6.45) is 2.23. The average Bonchev–Trinajstić information content (AvgIpc) is 2.63. The van der Waals surface area contributed by atoms with Crippen LogP contribution in [0.3, 0.4) is 0 Å². The number of halogens is 1. The third kappa shape index (κ3) is 1.97. The minimum Gasteiger partial charge on any atom is -0.325 e. The van der Waals surface area contributed by atoms with Gasteiger partial charge in [0.25, 0.3) is 0 Å². The number of rotatable bonds is 2. The van der Waals surface area contributed by atoms with Gasteiger partial charge in [0.15, 0.2) is 0 Å². The molecule has 2 unspecified atom stereocenters. The second-order valence-corrected chi connectivity index (χ2v) is 5.33. The Hall–Kier alpha value is -0.580. The summed E-state index contributed by atoms with van der Waals surface area (Å²) in [5.41, 5.74) is 1.25. The van der Waals surface area contributed by atoms with E-state index in [1.54, 1.807) is 11.3 Å². The molecule has 2 heterocycles. The Labute approximate surface area is 105 Å². The molecular weight excluding hydrogens is 244 g/mol. The highest BCUT2D eigenvalue weighted by atomic mass is 35.5. The van der Waals surface area contributed by atoms with Gasteiger partial charge in [-0.2, -0.15) is 11.3 Å². The molecule has 3 nitrogen and oxygen atoms in total. The molecule has 0 bridgehead atoms.